The maximum absolute atomic E-state index is 4.19. The van der Waals surface area contributed by atoms with Crippen LogP contribution in [0.3, 0.4) is 0 Å². The molecule has 1 heterocycles. The van der Waals surface area contributed by atoms with E-state index in [2.05, 4.69) is 39.1 Å². The smallest absolute Gasteiger partial charge is 0.0948 e. The van der Waals surface area contributed by atoms with Crippen molar-refractivity contribution >= 4 is 0 Å². The van der Waals surface area contributed by atoms with Crippen molar-refractivity contribution in [2.24, 2.45) is 7.05 Å². The van der Waals surface area contributed by atoms with E-state index in [-0.39, 0.29) is 0 Å². The highest BCUT2D eigenvalue weighted by molar-refractivity contribution is 5.63. The summed E-state index contributed by atoms with van der Waals surface area (Å²) in [5, 5.41) is 3.19. The molecule has 3 nitrogen and oxygen atoms in total. The van der Waals surface area contributed by atoms with Gasteiger partial charge < -0.3 is 9.88 Å². The molecular formula is C14H19N3. The van der Waals surface area contributed by atoms with Crippen molar-refractivity contribution in [1.29, 1.82) is 0 Å². The monoisotopic (exact) mass is 229 g/mol. The molecule has 2 aromatic rings. The van der Waals surface area contributed by atoms with Crippen molar-refractivity contribution < 1.29 is 0 Å². The van der Waals surface area contributed by atoms with Crippen molar-refractivity contribution in [3.05, 3.63) is 42.4 Å². The SMILES string of the molecule is CNCCCc1ccccc1-c1cncn1C. The fourth-order valence-corrected chi connectivity index (χ4v) is 2.06. The second-order valence-electron chi connectivity index (χ2n) is 4.25. The van der Waals surface area contributed by atoms with Crippen LogP contribution in [0.15, 0.2) is 36.8 Å². The lowest BCUT2D eigenvalue weighted by molar-refractivity contribution is 0.725. The second-order valence-corrected chi connectivity index (χ2v) is 4.25. The van der Waals surface area contributed by atoms with E-state index >= 15 is 0 Å². The van der Waals surface area contributed by atoms with Crippen molar-refractivity contribution in [3.8, 4) is 11.3 Å². The molecule has 0 aliphatic rings. The average Bonchev–Trinajstić information content (AvgIpc) is 2.76. The molecule has 0 saturated carbocycles. The molecule has 0 bridgehead atoms. The predicted molar refractivity (Wildman–Crippen MR) is 70.9 cm³/mol. The highest BCUT2D eigenvalue weighted by atomic mass is 15.0. The van der Waals surface area contributed by atoms with Gasteiger partial charge in [0.2, 0.25) is 0 Å². The van der Waals surface area contributed by atoms with E-state index in [0.717, 1.165) is 19.4 Å². The average molecular weight is 229 g/mol. The van der Waals surface area contributed by atoms with Crippen molar-refractivity contribution in [2.45, 2.75) is 12.8 Å². The molecule has 0 unspecified atom stereocenters. The van der Waals surface area contributed by atoms with Gasteiger partial charge in [-0.3, -0.25) is 0 Å². The van der Waals surface area contributed by atoms with E-state index in [9.17, 15) is 0 Å². The molecule has 0 aliphatic carbocycles. The molecule has 0 saturated heterocycles. The van der Waals surface area contributed by atoms with Crippen molar-refractivity contribution in [1.82, 2.24) is 14.9 Å². The third-order valence-electron chi connectivity index (χ3n) is 2.98. The van der Waals surface area contributed by atoms with Gasteiger partial charge in [0.1, 0.15) is 0 Å². The zero-order chi connectivity index (χ0) is 12.1. The number of nitrogens with one attached hydrogen (secondary N) is 1. The van der Waals surface area contributed by atoms with Gasteiger partial charge in [-0.05, 0) is 32.0 Å². The van der Waals surface area contributed by atoms with Crippen LogP contribution in [0.4, 0.5) is 0 Å². The Morgan fingerprint density at radius 1 is 1.29 bits per heavy atom. The summed E-state index contributed by atoms with van der Waals surface area (Å²) >= 11 is 0. The maximum Gasteiger partial charge on any atom is 0.0948 e. The van der Waals surface area contributed by atoms with E-state index < -0.39 is 0 Å². The zero-order valence-corrected chi connectivity index (χ0v) is 10.5. The van der Waals surface area contributed by atoms with E-state index in [1.807, 2.05) is 26.6 Å². The third-order valence-corrected chi connectivity index (χ3v) is 2.98. The molecule has 0 fully saturated rings. The molecule has 0 spiro atoms. The van der Waals surface area contributed by atoms with E-state index in [4.69, 9.17) is 0 Å². The molecule has 90 valence electrons. The Morgan fingerprint density at radius 3 is 2.82 bits per heavy atom. The molecule has 3 heteroatoms. The molecule has 0 radical (unpaired) electrons. The van der Waals surface area contributed by atoms with Gasteiger partial charge in [-0.2, -0.15) is 0 Å². The van der Waals surface area contributed by atoms with Crippen molar-refractivity contribution in [2.75, 3.05) is 13.6 Å². The Bertz CT molecular complexity index is 474. The van der Waals surface area contributed by atoms with Crippen LogP contribution in [0.1, 0.15) is 12.0 Å². The summed E-state index contributed by atoms with van der Waals surface area (Å²) in [5.74, 6) is 0. The van der Waals surface area contributed by atoms with Gasteiger partial charge in [0.05, 0.1) is 18.2 Å². The quantitative estimate of drug-likeness (QED) is 0.797. The number of benzene rings is 1. The first-order valence-corrected chi connectivity index (χ1v) is 6.02. The second kappa shape index (κ2) is 5.64. The molecule has 1 aromatic heterocycles. The number of aromatic nitrogens is 2. The lowest BCUT2D eigenvalue weighted by Gasteiger charge is -2.09. The number of imidazole rings is 1. The molecular weight excluding hydrogens is 210 g/mol. The fraction of sp³-hybridized carbons (Fsp3) is 0.357. The molecule has 2 rings (SSSR count). The van der Waals surface area contributed by atoms with Crippen LogP contribution in [0.2, 0.25) is 0 Å². The minimum atomic E-state index is 1.06. The Hall–Kier alpha value is -1.61. The van der Waals surface area contributed by atoms with Gasteiger partial charge >= 0.3 is 0 Å². The van der Waals surface area contributed by atoms with E-state index in [1.165, 1.54) is 16.8 Å². The lowest BCUT2D eigenvalue weighted by Crippen LogP contribution is -2.08. The van der Waals surface area contributed by atoms with E-state index in [1.54, 1.807) is 0 Å². The van der Waals surface area contributed by atoms with Crippen LogP contribution in [0.25, 0.3) is 11.3 Å². The molecule has 1 aromatic carbocycles. The van der Waals surface area contributed by atoms with Gasteiger partial charge in [0, 0.05) is 12.6 Å². The molecule has 1 N–H and O–H groups in total. The van der Waals surface area contributed by atoms with Crippen LogP contribution in [0, 0.1) is 0 Å². The maximum atomic E-state index is 4.19. The normalized spacial score (nSPS) is 10.7. The zero-order valence-electron chi connectivity index (χ0n) is 10.5. The van der Waals surface area contributed by atoms with Gasteiger partial charge in [0.15, 0.2) is 0 Å². The molecule has 0 aliphatic heterocycles. The first-order valence-electron chi connectivity index (χ1n) is 6.02. The summed E-state index contributed by atoms with van der Waals surface area (Å²) in [4.78, 5) is 4.19. The Kier molecular flexibility index (Phi) is 3.94. The third kappa shape index (κ3) is 2.74. The van der Waals surface area contributed by atoms with Crippen LogP contribution < -0.4 is 5.32 Å². The van der Waals surface area contributed by atoms with Gasteiger partial charge in [-0.15, -0.1) is 0 Å². The number of hydrogen-bond acceptors (Lipinski definition) is 2. The Morgan fingerprint density at radius 2 is 2.12 bits per heavy atom. The van der Waals surface area contributed by atoms with E-state index in [0.29, 0.717) is 0 Å². The summed E-state index contributed by atoms with van der Waals surface area (Å²) in [5.41, 5.74) is 3.88. The standard InChI is InChI=1S/C14H19N3/c1-15-9-5-7-12-6-3-4-8-13(12)14-10-16-11-17(14)2/h3-4,6,8,10-11,15H,5,7,9H2,1-2H3. The summed E-state index contributed by atoms with van der Waals surface area (Å²) in [7, 11) is 4.03. The summed E-state index contributed by atoms with van der Waals surface area (Å²) in [6.07, 6.45) is 6.03. The highest BCUT2D eigenvalue weighted by Gasteiger charge is 2.07. The molecule has 0 amide bonds. The Labute approximate surface area is 103 Å². The number of rotatable bonds is 5. The van der Waals surface area contributed by atoms with Crippen LogP contribution in [0.5, 0.6) is 0 Å². The summed E-state index contributed by atoms with van der Waals surface area (Å²) in [6.45, 7) is 1.06. The topological polar surface area (TPSA) is 29.9 Å². The van der Waals surface area contributed by atoms with Crippen LogP contribution in [-0.4, -0.2) is 23.1 Å². The molecule has 0 atom stereocenters. The van der Waals surface area contributed by atoms with Gasteiger partial charge in [-0.1, -0.05) is 24.3 Å². The van der Waals surface area contributed by atoms with Gasteiger partial charge in [-0.25, -0.2) is 4.98 Å². The van der Waals surface area contributed by atoms with Crippen LogP contribution >= 0.6 is 0 Å². The highest BCUT2D eigenvalue weighted by Crippen LogP contribution is 2.23. The van der Waals surface area contributed by atoms with Gasteiger partial charge in [0.25, 0.3) is 0 Å². The first-order chi connectivity index (χ1) is 8.33. The predicted octanol–water partition coefficient (Wildman–Crippen LogP) is 2.24. The van der Waals surface area contributed by atoms with Crippen LogP contribution in [-0.2, 0) is 13.5 Å². The summed E-state index contributed by atoms with van der Waals surface area (Å²) < 4.78 is 2.07. The van der Waals surface area contributed by atoms with Crippen molar-refractivity contribution in [3.63, 3.8) is 0 Å². The molecule has 17 heavy (non-hydrogen) atoms. The number of nitrogens with zero attached hydrogens (tertiary/aromatic N) is 2. The fourth-order valence-electron chi connectivity index (χ4n) is 2.06. The first kappa shape index (κ1) is 11.9. The minimum absolute atomic E-state index is 1.06. The number of hydrogen-bond donors (Lipinski definition) is 1. The number of aryl methyl sites for hydroxylation is 2. The largest absolute Gasteiger partial charge is 0.334 e. The minimum Gasteiger partial charge on any atom is -0.334 e. The summed E-state index contributed by atoms with van der Waals surface area (Å²) in [6, 6.07) is 8.57. The Balaban J connectivity index is 2.25. The lowest BCUT2D eigenvalue weighted by atomic mass is 10.0.